The van der Waals surface area contributed by atoms with Crippen LogP contribution in [-0.2, 0) is 4.79 Å². The van der Waals surface area contributed by atoms with Gasteiger partial charge < -0.3 is 14.8 Å². The third kappa shape index (κ3) is 6.64. The van der Waals surface area contributed by atoms with Gasteiger partial charge in [-0.1, -0.05) is 12.1 Å². The summed E-state index contributed by atoms with van der Waals surface area (Å²) >= 11 is 0. The molecule has 0 aliphatic rings. The van der Waals surface area contributed by atoms with E-state index in [0.29, 0.717) is 17.1 Å². The SMILES string of the molecule is COc1cc(/C=N/NC(=O)c2ccc([N+](=O)[O-])cc2)ccc1OCC(=O)Nc1cccc(C)c1C. The molecule has 0 saturated heterocycles. The van der Waals surface area contributed by atoms with Gasteiger partial charge in [0.05, 0.1) is 18.2 Å². The molecule has 0 aliphatic carbocycles. The van der Waals surface area contributed by atoms with Gasteiger partial charge in [-0.25, -0.2) is 5.43 Å². The molecule has 0 spiro atoms. The molecule has 0 fully saturated rings. The highest BCUT2D eigenvalue weighted by atomic mass is 16.6. The second kappa shape index (κ2) is 11.4. The summed E-state index contributed by atoms with van der Waals surface area (Å²) in [5.74, 6) is -0.0656. The molecule has 0 atom stereocenters. The average molecular weight is 476 g/mol. The molecule has 3 aromatic carbocycles. The smallest absolute Gasteiger partial charge is 0.271 e. The van der Waals surface area contributed by atoms with Gasteiger partial charge in [-0.2, -0.15) is 5.10 Å². The summed E-state index contributed by atoms with van der Waals surface area (Å²) in [5.41, 5.74) is 5.88. The van der Waals surface area contributed by atoms with E-state index >= 15 is 0 Å². The van der Waals surface area contributed by atoms with Crippen molar-refractivity contribution >= 4 is 29.4 Å². The van der Waals surface area contributed by atoms with Crippen LogP contribution in [0, 0.1) is 24.0 Å². The summed E-state index contributed by atoms with van der Waals surface area (Å²) in [5, 5.41) is 17.4. The van der Waals surface area contributed by atoms with Crippen LogP contribution in [0.5, 0.6) is 11.5 Å². The number of hydrogen-bond donors (Lipinski definition) is 2. The van der Waals surface area contributed by atoms with Crippen LogP contribution in [0.4, 0.5) is 11.4 Å². The molecular weight excluding hydrogens is 452 g/mol. The van der Waals surface area contributed by atoms with Gasteiger partial charge in [-0.15, -0.1) is 0 Å². The number of nitro groups is 1. The van der Waals surface area contributed by atoms with Crippen molar-refractivity contribution in [2.75, 3.05) is 19.0 Å². The summed E-state index contributed by atoms with van der Waals surface area (Å²) in [4.78, 5) is 34.6. The van der Waals surface area contributed by atoms with Gasteiger partial charge in [-0.3, -0.25) is 19.7 Å². The fourth-order valence-corrected chi connectivity index (χ4v) is 3.06. The van der Waals surface area contributed by atoms with Crippen molar-refractivity contribution in [3.8, 4) is 11.5 Å². The van der Waals surface area contributed by atoms with Crippen LogP contribution in [0.25, 0.3) is 0 Å². The van der Waals surface area contributed by atoms with Crippen LogP contribution in [0.15, 0.2) is 65.8 Å². The van der Waals surface area contributed by atoms with Crippen molar-refractivity contribution < 1.29 is 24.0 Å². The number of nitrogens with zero attached hydrogens (tertiary/aromatic N) is 2. The van der Waals surface area contributed by atoms with E-state index < -0.39 is 10.8 Å². The summed E-state index contributed by atoms with van der Waals surface area (Å²) in [7, 11) is 1.47. The number of benzene rings is 3. The molecule has 180 valence electrons. The largest absolute Gasteiger partial charge is 0.493 e. The molecule has 2 N–H and O–H groups in total. The lowest BCUT2D eigenvalue weighted by molar-refractivity contribution is -0.384. The molecular formula is C25H24N4O6. The Morgan fingerprint density at radius 2 is 1.80 bits per heavy atom. The Morgan fingerprint density at radius 3 is 2.49 bits per heavy atom. The third-order valence-corrected chi connectivity index (χ3v) is 5.15. The van der Waals surface area contributed by atoms with Crippen molar-refractivity contribution in [1.82, 2.24) is 5.43 Å². The van der Waals surface area contributed by atoms with Crippen molar-refractivity contribution in [1.29, 1.82) is 0 Å². The van der Waals surface area contributed by atoms with Gasteiger partial charge in [0.2, 0.25) is 0 Å². The lowest BCUT2D eigenvalue weighted by atomic mass is 10.1. The number of anilines is 1. The number of nitro benzene ring substituents is 1. The highest BCUT2D eigenvalue weighted by Gasteiger charge is 2.11. The zero-order valence-corrected chi connectivity index (χ0v) is 19.4. The predicted molar refractivity (Wildman–Crippen MR) is 131 cm³/mol. The van der Waals surface area contributed by atoms with Gasteiger partial charge in [0, 0.05) is 23.4 Å². The Bertz CT molecular complexity index is 1270. The zero-order chi connectivity index (χ0) is 25.4. The molecule has 0 aliphatic heterocycles. The Hall–Kier alpha value is -4.73. The van der Waals surface area contributed by atoms with E-state index in [9.17, 15) is 19.7 Å². The number of carbonyl (C=O) groups is 2. The summed E-state index contributed by atoms with van der Waals surface area (Å²) in [6.07, 6.45) is 1.41. The molecule has 35 heavy (non-hydrogen) atoms. The third-order valence-electron chi connectivity index (χ3n) is 5.15. The standard InChI is InChI=1S/C25H24N4O6/c1-16-5-4-6-21(17(16)2)27-24(30)15-35-22-12-7-18(13-23(22)34-3)14-26-28-25(31)19-8-10-20(11-9-19)29(32)33/h4-14H,15H2,1-3H3,(H,27,30)(H,28,31)/b26-14+. The monoisotopic (exact) mass is 476 g/mol. The molecule has 0 unspecified atom stereocenters. The van der Waals surface area contributed by atoms with E-state index in [-0.39, 0.29) is 23.8 Å². The van der Waals surface area contributed by atoms with Gasteiger partial charge in [0.1, 0.15) is 0 Å². The second-order valence-corrected chi connectivity index (χ2v) is 7.50. The van der Waals surface area contributed by atoms with Crippen LogP contribution in [-0.4, -0.2) is 36.7 Å². The van der Waals surface area contributed by atoms with Gasteiger partial charge in [0.25, 0.3) is 17.5 Å². The zero-order valence-electron chi connectivity index (χ0n) is 19.4. The molecule has 0 bridgehead atoms. The predicted octanol–water partition coefficient (Wildman–Crippen LogP) is 4.00. The van der Waals surface area contributed by atoms with Crippen LogP contribution in [0.1, 0.15) is 27.0 Å². The van der Waals surface area contributed by atoms with Gasteiger partial charge >= 0.3 is 0 Å². The van der Waals surface area contributed by atoms with Crippen LogP contribution >= 0.6 is 0 Å². The fourth-order valence-electron chi connectivity index (χ4n) is 3.06. The molecule has 3 aromatic rings. The first-order chi connectivity index (χ1) is 16.8. The maximum atomic E-state index is 12.3. The number of hydrogen-bond acceptors (Lipinski definition) is 7. The number of amides is 2. The number of methoxy groups -OCH3 is 1. The van der Waals surface area contributed by atoms with E-state index in [1.54, 1.807) is 18.2 Å². The molecule has 0 heterocycles. The minimum atomic E-state index is -0.544. The number of aryl methyl sites for hydroxylation is 1. The summed E-state index contributed by atoms with van der Waals surface area (Å²) < 4.78 is 11.0. The maximum Gasteiger partial charge on any atom is 0.271 e. The number of carbonyl (C=O) groups excluding carboxylic acids is 2. The highest BCUT2D eigenvalue weighted by molar-refractivity contribution is 5.95. The first-order valence-corrected chi connectivity index (χ1v) is 10.5. The van der Waals surface area contributed by atoms with E-state index in [1.165, 1.54) is 37.6 Å². The molecule has 0 aromatic heterocycles. The van der Waals surface area contributed by atoms with Crippen molar-refractivity contribution in [2.45, 2.75) is 13.8 Å². The van der Waals surface area contributed by atoms with E-state index in [0.717, 1.165) is 16.8 Å². The fraction of sp³-hybridized carbons (Fsp3) is 0.160. The minimum Gasteiger partial charge on any atom is -0.493 e. The first-order valence-electron chi connectivity index (χ1n) is 10.5. The molecule has 0 saturated carbocycles. The highest BCUT2D eigenvalue weighted by Crippen LogP contribution is 2.27. The second-order valence-electron chi connectivity index (χ2n) is 7.50. The van der Waals surface area contributed by atoms with E-state index in [2.05, 4.69) is 15.8 Å². The van der Waals surface area contributed by atoms with Gasteiger partial charge in [-0.05, 0) is 66.9 Å². The van der Waals surface area contributed by atoms with E-state index in [1.807, 2.05) is 32.0 Å². The van der Waals surface area contributed by atoms with Crippen molar-refractivity contribution in [3.05, 3.63) is 93.0 Å². The number of non-ortho nitro benzene ring substituents is 1. The minimum absolute atomic E-state index is 0.109. The Morgan fingerprint density at radius 1 is 1.06 bits per heavy atom. The van der Waals surface area contributed by atoms with Gasteiger partial charge in [0.15, 0.2) is 18.1 Å². The summed E-state index contributed by atoms with van der Waals surface area (Å²) in [6.45, 7) is 3.70. The Balaban J connectivity index is 1.57. The Kier molecular flexibility index (Phi) is 8.12. The normalized spacial score (nSPS) is 10.6. The quantitative estimate of drug-likeness (QED) is 0.273. The van der Waals surface area contributed by atoms with Crippen LogP contribution in [0.2, 0.25) is 0 Å². The average Bonchev–Trinajstić information content (AvgIpc) is 2.85. The topological polar surface area (TPSA) is 132 Å². The van der Waals surface area contributed by atoms with Crippen LogP contribution in [0.3, 0.4) is 0 Å². The maximum absolute atomic E-state index is 12.3. The number of nitrogens with one attached hydrogen (secondary N) is 2. The summed E-state index contributed by atoms with van der Waals surface area (Å²) in [6, 6.07) is 15.8. The number of rotatable bonds is 9. The first kappa shape index (κ1) is 24.9. The lowest BCUT2D eigenvalue weighted by Gasteiger charge is -2.13. The number of ether oxygens (including phenoxy) is 2. The van der Waals surface area contributed by atoms with E-state index in [4.69, 9.17) is 9.47 Å². The molecule has 2 amide bonds. The lowest BCUT2D eigenvalue weighted by Crippen LogP contribution is -2.21. The number of hydrazone groups is 1. The molecule has 0 radical (unpaired) electrons. The van der Waals surface area contributed by atoms with Crippen molar-refractivity contribution in [2.24, 2.45) is 5.10 Å². The molecule has 3 rings (SSSR count). The van der Waals surface area contributed by atoms with Crippen LogP contribution < -0.4 is 20.2 Å². The molecule has 10 nitrogen and oxygen atoms in total. The van der Waals surface area contributed by atoms with Crippen molar-refractivity contribution in [3.63, 3.8) is 0 Å². The molecule has 10 heteroatoms. The Labute approximate surface area is 201 Å².